The third-order valence-electron chi connectivity index (χ3n) is 2.94. The maximum Gasteiger partial charge on any atom is 0.240 e. The van der Waals surface area contributed by atoms with Crippen molar-refractivity contribution in [1.29, 1.82) is 0 Å². The summed E-state index contributed by atoms with van der Waals surface area (Å²) in [4.78, 5) is -0.301. The molecule has 0 saturated heterocycles. The fraction of sp³-hybridized carbons (Fsp3) is 0.455. The second-order valence-corrected chi connectivity index (χ2v) is 6.20. The molecule has 100 valence electrons. The smallest absolute Gasteiger partial charge is 0.240 e. The Labute approximate surface area is 104 Å². The summed E-state index contributed by atoms with van der Waals surface area (Å²) in [5, 5.41) is 0. The zero-order valence-electron chi connectivity index (χ0n) is 9.57. The normalized spacial score (nSPS) is 17.7. The molecule has 0 bridgehead atoms. The number of rotatable bonds is 5. The molecule has 0 heterocycles. The summed E-state index contributed by atoms with van der Waals surface area (Å²) >= 11 is 0. The van der Waals surface area contributed by atoms with Gasteiger partial charge < -0.3 is 5.73 Å². The fourth-order valence-electron chi connectivity index (χ4n) is 1.62. The predicted octanol–water partition coefficient (Wildman–Crippen LogP) is 0.980. The van der Waals surface area contributed by atoms with E-state index in [-0.39, 0.29) is 17.5 Å². The average molecular weight is 276 g/mol. The number of hydrogen-bond acceptors (Lipinski definition) is 3. The molecule has 2 rings (SSSR count). The van der Waals surface area contributed by atoms with Crippen molar-refractivity contribution >= 4 is 10.0 Å². The molecule has 1 unspecified atom stereocenters. The van der Waals surface area contributed by atoms with Gasteiger partial charge in [0.15, 0.2) is 11.6 Å². The fourth-order valence-corrected chi connectivity index (χ4v) is 2.71. The van der Waals surface area contributed by atoms with Crippen molar-refractivity contribution in [3.05, 3.63) is 29.8 Å². The number of nitrogens with one attached hydrogen (secondary N) is 1. The van der Waals surface area contributed by atoms with E-state index in [1.807, 2.05) is 0 Å². The van der Waals surface area contributed by atoms with Crippen molar-refractivity contribution in [3.63, 3.8) is 0 Å². The standard InChI is InChI=1S/C11H14F2N2O2S/c12-9-4-3-8(5-10(9)13)18(16,17)15-6-11(14)7-1-2-7/h3-5,7,11,15H,1-2,6,14H2. The number of halogens is 2. The Bertz CT molecular complexity index is 544. The minimum atomic E-state index is -3.84. The van der Waals surface area contributed by atoms with Gasteiger partial charge in [0, 0.05) is 12.6 Å². The van der Waals surface area contributed by atoms with Gasteiger partial charge in [-0.2, -0.15) is 0 Å². The minimum absolute atomic E-state index is 0.103. The van der Waals surface area contributed by atoms with Gasteiger partial charge >= 0.3 is 0 Å². The molecule has 1 saturated carbocycles. The zero-order chi connectivity index (χ0) is 13.3. The Morgan fingerprint density at radius 3 is 2.56 bits per heavy atom. The van der Waals surface area contributed by atoms with Gasteiger partial charge in [-0.15, -0.1) is 0 Å². The highest BCUT2D eigenvalue weighted by Gasteiger charge is 2.29. The molecule has 1 atom stereocenters. The van der Waals surface area contributed by atoms with Crippen LogP contribution in [0.1, 0.15) is 12.8 Å². The number of hydrogen-bond donors (Lipinski definition) is 2. The molecular formula is C11H14F2N2O2S. The first-order valence-corrected chi connectivity index (χ1v) is 7.09. The molecule has 1 aromatic rings. The van der Waals surface area contributed by atoms with Gasteiger partial charge in [-0.25, -0.2) is 21.9 Å². The van der Waals surface area contributed by atoms with E-state index >= 15 is 0 Å². The lowest BCUT2D eigenvalue weighted by molar-refractivity contribution is 0.503. The molecule has 4 nitrogen and oxygen atoms in total. The third kappa shape index (κ3) is 3.04. The SMILES string of the molecule is NC(CNS(=O)(=O)c1ccc(F)c(F)c1)C1CC1. The van der Waals surface area contributed by atoms with Crippen molar-refractivity contribution in [3.8, 4) is 0 Å². The van der Waals surface area contributed by atoms with Crippen LogP contribution in [0.15, 0.2) is 23.1 Å². The molecule has 1 fully saturated rings. The Balaban J connectivity index is 2.07. The summed E-state index contributed by atoms with van der Waals surface area (Å²) in [7, 11) is -3.84. The highest BCUT2D eigenvalue weighted by atomic mass is 32.2. The molecular weight excluding hydrogens is 262 g/mol. The Morgan fingerprint density at radius 1 is 1.33 bits per heavy atom. The van der Waals surface area contributed by atoms with Crippen LogP contribution in [0.4, 0.5) is 8.78 Å². The third-order valence-corrected chi connectivity index (χ3v) is 4.36. The van der Waals surface area contributed by atoms with Gasteiger partial charge in [-0.3, -0.25) is 0 Å². The average Bonchev–Trinajstić information content (AvgIpc) is 3.13. The predicted molar refractivity (Wildman–Crippen MR) is 62.2 cm³/mol. The summed E-state index contributed by atoms with van der Waals surface area (Å²) < 4.78 is 51.5. The van der Waals surface area contributed by atoms with Crippen molar-refractivity contribution < 1.29 is 17.2 Å². The van der Waals surface area contributed by atoms with Crippen molar-refractivity contribution in [2.75, 3.05) is 6.54 Å². The van der Waals surface area contributed by atoms with Crippen LogP contribution in [0, 0.1) is 17.6 Å². The van der Waals surface area contributed by atoms with Crippen LogP contribution in [-0.2, 0) is 10.0 Å². The molecule has 0 radical (unpaired) electrons. The summed E-state index contributed by atoms with van der Waals surface area (Å²) in [5.74, 6) is -1.91. The van der Waals surface area contributed by atoms with E-state index in [4.69, 9.17) is 5.73 Å². The molecule has 0 aliphatic heterocycles. The molecule has 3 N–H and O–H groups in total. The van der Waals surface area contributed by atoms with E-state index in [0.717, 1.165) is 25.0 Å². The number of benzene rings is 1. The van der Waals surface area contributed by atoms with E-state index in [0.29, 0.717) is 12.0 Å². The van der Waals surface area contributed by atoms with Crippen LogP contribution < -0.4 is 10.5 Å². The quantitative estimate of drug-likeness (QED) is 0.842. The van der Waals surface area contributed by atoms with Crippen molar-refractivity contribution in [2.45, 2.75) is 23.8 Å². The summed E-state index contributed by atoms with van der Waals surface area (Å²) in [6, 6.07) is 2.22. The Hall–Kier alpha value is -1.05. The molecule has 7 heteroatoms. The highest BCUT2D eigenvalue weighted by molar-refractivity contribution is 7.89. The van der Waals surface area contributed by atoms with Gasteiger partial charge in [0.25, 0.3) is 0 Å². The van der Waals surface area contributed by atoms with Gasteiger partial charge in [0.1, 0.15) is 0 Å². The first-order chi connectivity index (χ1) is 8.40. The van der Waals surface area contributed by atoms with E-state index < -0.39 is 21.7 Å². The summed E-state index contributed by atoms with van der Waals surface area (Å²) in [6.45, 7) is 0.103. The van der Waals surface area contributed by atoms with Crippen molar-refractivity contribution in [2.24, 2.45) is 11.7 Å². The number of sulfonamides is 1. The minimum Gasteiger partial charge on any atom is -0.326 e. The Morgan fingerprint density at radius 2 is 2.00 bits per heavy atom. The zero-order valence-corrected chi connectivity index (χ0v) is 10.4. The maximum absolute atomic E-state index is 13.0. The van der Waals surface area contributed by atoms with E-state index in [1.54, 1.807) is 0 Å². The molecule has 0 spiro atoms. The molecule has 0 amide bonds. The van der Waals surface area contributed by atoms with Crippen molar-refractivity contribution in [1.82, 2.24) is 4.72 Å². The van der Waals surface area contributed by atoms with Gasteiger partial charge in [-0.1, -0.05) is 0 Å². The lowest BCUT2D eigenvalue weighted by Gasteiger charge is -2.12. The highest BCUT2D eigenvalue weighted by Crippen LogP contribution is 2.31. The lowest BCUT2D eigenvalue weighted by Crippen LogP contribution is -2.38. The van der Waals surface area contributed by atoms with Crippen LogP contribution in [0.25, 0.3) is 0 Å². The van der Waals surface area contributed by atoms with Gasteiger partial charge in [0.05, 0.1) is 4.90 Å². The Kier molecular flexibility index (Phi) is 3.65. The summed E-state index contributed by atoms with van der Waals surface area (Å²) in [6.07, 6.45) is 2.02. The largest absolute Gasteiger partial charge is 0.326 e. The summed E-state index contributed by atoms with van der Waals surface area (Å²) in [5.41, 5.74) is 5.76. The monoisotopic (exact) mass is 276 g/mol. The maximum atomic E-state index is 13.0. The lowest BCUT2D eigenvalue weighted by atomic mass is 10.2. The van der Waals surface area contributed by atoms with Crippen LogP contribution >= 0.6 is 0 Å². The first kappa shape index (κ1) is 13.4. The van der Waals surface area contributed by atoms with E-state index in [9.17, 15) is 17.2 Å². The van der Waals surface area contributed by atoms with E-state index in [1.165, 1.54) is 0 Å². The van der Waals surface area contributed by atoms with Crippen LogP contribution in [-0.4, -0.2) is 21.0 Å². The van der Waals surface area contributed by atoms with E-state index in [2.05, 4.69) is 4.72 Å². The first-order valence-electron chi connectivity index (χ1n) is 5.60. The molecule has 1 aliphatic carbocycles. The molecule has 1 aliphatic rings. The molecule has 1 aromatic carbocycles. The van der Waals surface area contributed by atoms with Crippen LogP contribution in [0.3, 0.4) is 0 Å². The number of nitrogens with two attached hydrogens (primary N) is 1. The second kappa shape index (κ2) is 4.91. The molecule has 18 heavy (non-hydrogen) atoms. The second-order valence-electron chi connectivity index (χ2n) is 4.43. The topological polar surface area (TPSA) is 72.2 Å². The van der Waals surface area contributed by atoms with Crippen LogP contribution in [0.2, 0.25) is 0 Å². The van der Waals surface area contributed by atoms with Crippen LogP contribution in [0.5, 0.6) is 0 Å². The van der Waals surface area contributed by atoms with Gasteiger partial charge in [-0.05, 0) is 37.0 Å². The molecule has 0 aromatic heterocycles. The van der Waals surface area contributed by atoms with Gasteiger partial charge in [0.2, 0.25) is 10.0 Å².